The fourth-order valence-corrected chi connectivity index (χ4v) is 1.54. The molecule has 2 aromatic rings. The molecule has 62 valence electrons. The predicted octanol–water partition coefficient (Wildman–Crippen LogP) is 0.657. The number of nitrogen functional groups attached to an aromatic ring is 1. The van der Waals surface area contributed by atoms with Gasteiger partial charge in [0.1, 0.15) is 17.2 Å². The van der Waals surface area contributed by atoms with Crippen molar-refractivity contribution in [3.63, 3.8) is 0 Å². The molecular formula is C6H7N5S. The van der Waals surface area contributed by atoms with Crippen LogP contribution in [-0.2, 0) is 0 Å². The van der Waals surface area contributed by atoms with E-state index in [2.05, 4.69) is 20.2 Å². The monoisotopic (exact) mass is 181 g/mol. The highest BCUT2D eigenvalue weighted by Gasteiger charge is 2.08. The van der Waals surface area contributed by atoms with E-state index in [-0.39, 0.29) is 0 Å². The molecule has 0 amide bonds. The Morgan fingerprint density at radius 1 is 1.50 bits per heavy atom. The number of rotatable bonds is 1. The molecule has 0 saturated heterocycles. The summed E-state index contributed by atoms with van der Waals surface area (Å²) in [6, 6.07) is 0. The van der Waals surface area contributed by atoms with Gasteiger partial charge in [0.15, 0.2) is 5.65 Å². The van der Waals surface area contributed by atoms with Gasteiger partial charge < -0.3 is 5.73 Å². The number of anilines is 1. The first-order valence-electron chi connectivity index (χ1n) is 3.31. The molecule has 0 aliphatic carbocycles. The van der Waals surface area contributed by atoms with Crippen molar-refractivity contribution in [2.45, 2.75) is 5.03 Å². The highest BCUT2D eigenvalue weighted by Crippen LogP contribution is 2.25. The van der Waals surface area contributed by atoms with E-state index in [0.29, 0.717) is 11.5 Å². The van der Waals surface area contributed by atoms with Crippen molar-refractivity contribution in [3.05, 3.63) is 6.33 Å². The summed E-state index contributed by atoms with van der Waals surface area (Å²) in [7, 11) is 0. The Balaban J connectivity index is 2.83. The number of nitrogens with zero attached hydrogens (tertiary/aromatic N) is 3. The second-order valence-corrected chi connectivity index (χ2v) is 3.01. The summed E-state index contributed by atoms with van der Waals surface area (Å²) in [5.41, 5.74) is 6.34. The Kier molecular flexibility index (Phi) is 1.61. The molecule has 0 bridgehead atoms. The summed E-state index contributed by atoms with van der Waals surface area (Å²) in [4.78, 5) is 7.87. The standard InChI is InChI=1S/C6H7N5S/c1-12-6-3-4(7)8-2-9-5(3)10-11-6/h2H,1H3,(H3,7,8,9,10,11). The van der Waals surface area contributed by atoms with Crippen molar-refractivity contribution < 1.29 is 0 Å². The molecule has 5 nitrogen and oxygen atoms in total. The highest BCUT2D eigenvalue weighted by molar-refractivity contribution is 7.98. The topological polar surface area (TPSA) is 80.5 Å². The van der Waals surface area contributed by atoms with E-state index in [9.17, 15) is 0 Å². The quantitative estimate of drug-likeness (QED) is 0.631. The van der Waals surface area contributed by atoms with Gasteiger partial charge in [0.25, 0.3) is 0 Å². The maximum Gasteiger partial charge on any atom is 0.161 e. The van der Waals surface area contributed by atoms with Gasteiger partial charge in [0, 0.05) is 0 Å². The zero-order chi connectivity index (χ0) is 8.55. The zero-order valence-electron chi connectivity index (χ0n) is 6.40. The predicted molar refractivity (Wildman–Crippen MR) is 47.9 cm³/mol. The van der Waals surface area contributed by atoms with Gasteiger partial charge in [-0.2, -0.15) is 5.10 Å². The van der Waals surface area contributed by atoms with Crippen molar-refractivity contribution in [1.29, 1.82) is 0 Å². The number of fused-ring (bicyclic) bond motifs is 1. The molecule has 0 aliphatic rings. The van der Waals surface area contributed by atoms with Crippen LogP contribution in [-0.4, -0.2) is 26.4 Å². The molecule has 0 radical (unpaired) electrons. The average Bonchev–Trinajstić information content (AvgIpc) is 2.49. The van der Waals surface area contributed by atoms with Gasteiger partial charge in [0.2, 0.25) is 0 Å². The zero-order valence-corrected chi connectivity index (χ0v) is 7.22. The maximum absolute atomic E-state index is 5.65. The van der Waals surface area contributed by atoms with Crippen molar-refractivity contribution in [2.75, 3.05) is 12.0 Å². The average molecular weight is 181 g/mol. The molecule has 0 aromatic carbocycles. The fraction of sp³-hybridized carbons (Fsp3) is 0.167. The number of hydrogen-bond acceptors (Lipinski definition) is 5. The third-order valence-corrected chi connectivity index (χ3v) is 2.23. The lowest BCUT2D eigenvalue weighted by Gasteiger charge is -1.93. The number of nitrogens with two attached hydrogens (primary N) is 1. The lowest BCUT2D eigenvalue weighted by Crippen LogP contribution is -1.91. The lowest BCUT2D eigenvalue weighted by atomic mass is 10.4. The van der Waals surface area contributed by atoms with E-state index >= 15 is 0 Å². The molecule has 6 heteroatoms. The van der Waals surface area contributed by atoms with E-state index in [0.717, 1.165) is 10.4 Å². The first kappa shape index (κ1) is 7.35. The van der Waals surface area contributed by atoms with E-state index in [4.69, 9.17) is 5.73 Å². The van der Waals surface area contributed by atoms with Crippen molar-refractivity contribution in [3.8, 4) is 0 Å². The SMILES string of the molecule is CSc1n[nH]c2ncnc(N)c12. The number of hydrogen-bond donors (Lipinski definition) is 2. The smallest absolute Gasteiger partial charge is 0.161 e. The second kappa shape index (κ2) is 2.63. The van der Waals surface area contributed by atoms with Crippen LogP contribution >= 0.6 is 11.8 Å². The van der Waals surface area contributed by atoms with Gasteiger partial charge in [-0.3, -0.25) is 5.10 Å². The molecule has 0 aliphatic heterocycles. The molecule has 2 aromatic heterocycles. The summed E-state index contributed by atoms with van der Waals surface area (Å²) in [5.74, 6) is 0.470. The van der Waals surface area contributed by atoms with Crippen LogP contribution in [0.2, 0.25) is 0 Å². The van der Waals surface area contributed by atoms with Gasteiger partial charge in [-0.15, -0.1) is 11.8 Å². The maximum atomic E-state index is 5.65. The van der Waals surface area contributed by atoms with Crippen LogP contribution in [0.5, 0.6) is 0 Å². The van der Waals surface area contributed by atoms with Gasteiger partial charge in [-0.1, -0.05) is 0 Å². The lowest BCUT2D eigenvalue weighted by molar-refractivity contribution is 1.02. The molecule has 2 heterocycles. The van der Waals surface area contributed by atoms with Crippen molar-refractivity contribution in [2.24, 2.45) is 0 Å². The van der Waals surface area contributed by atoms with Crippen LogP contribution in [0.25, 0.3) is 11.0 Å². The number of aromatic nitrogens is 4. The van der Waals surface area contributed by atoms with Crippen LogP contribution in [0, 0.1) is 0 Å². The minimum absolute atomic E-state index is 0.470. The van der Waals surface area contributed by atoms with Crippen molar-refractivity contribution >= 4 is 28.6 Å². The number of aromatic amines is 1. The molecule has 0 saturated carbocycles. The fourth-order valence-electron chi connectivity index (χ4n) is 1.00. The molecule has 0 spiro atoms. The van der Waals surface area contributed by atoms with Crippen LogP contribution in [0.1, 0.15) is 0 Å². The van der Waals surface area contributed by atoms with Gasteiger partial charge in [-0.25, -0.2) is 9.97 Å². The summed E-state index contributed by atoms with van der Waals surface area (Å²) < 4.78 is 0. The Morgan fingerprint density at radius 2 is 2.33 bits per heavy atom. The molecule has 0 unspecified atom stereocenters. The Morgan fingerprint density at radius 3 is 3.08 bits per heavy atom. The van der Waals surface area contributed by atoms with Gasteiger partial charge in [-0.05, 0) is 6.26 Å². The molecule has 3 N–H and O–H groups in total. The van der Waals surface area contributed by atoms with Crippen LogP contribution in [0.3, 0.4) is 0 Å². The Labute approximate surface area is 72.8 Å². The summed E-state index contributed by atoms with van der Waals surface area (Å²) in [6.07, 6.45) is 3.35. The summed E-state index contributed by atoms with van der Waals surface area (Å²) in [6.45, 7) is 0. The molecule has 0 atom stereocenters. The number of thioether (sulfide) groups is 1. The second-order valence-electron chi connectivity index (χ2n) is 2.22. The molecule has 2 rings (SSSR count). The summed E-state index contributed by atoms with van der Waals surface area (Å²) >= 11 is 1.52. The van der Waals surface area contributed by atoms with E-state index < -0.39 is 0 Å². The van der Waals surface area contributed by atoms with Gasteiger partial charge in [0.05, 0.1) is 5.39 Å². The summed E-state index contributed by atoms with van der Waals surface area (Å²) in [5, 5.41) is 8.45. The largest absolute Gasteiger partial charge is 0.383 e. The minimum atomic E-state index is 0.470. The van der Waals surface area contributed by atoms with Gasteiger partial charge >= 0.3 is 0 Å². The molecular weight excluding hydrogens is 174 g/mol. The van der Waals surface area contributed by atoms with Crippen LogP contribution in [0.15, 0.2) is 11.4 Å². The first-order valence-corrected chi connectivity index (χ1v) is 4.54. The molecule has 0 fully saturated rings. The normalized spacial score (nSPS) is 10.8. The van der Waals surface area contributed by atoms with E-state index in [1.807, 2.05) is 6.26 Å². The Hall–Kier alpha value is -1.30. The number of H-pyrrole nitrogens is 1. The van der Waals surface area contributed by atoms with Crippen LogP contribution in [0.4, 0.5) is 5.82 Å². The van der Waals surface area contributed by atoms with E-state index in [1.165, 1.54) is 18.1 Å². The van der Waals surface area contributed by atoms with Crippen molar-refractivity contribution in [1.82, 2.24) is 20.2 Å². The molecule has 12 heavy (non-hydrogen) atoms. The minimum Gasteiger partial charge on any atom is -0.383 e. The first-order chi connectivity index (χ1) is 5.83. The van der Waals surface area contributed by atoms with Crippen LogP contribution < -0.4 is 5.73 Å². The number of nitrogens with one attached hydrogen (secondary N) is 1. The third-order valence-electron chi connectivity index (χ3n) is 1.55. The Bertz CT molecular complexity index is 409. The van der Waals surface area contributed by atoms with E-state index in [1.54, 1.807) is 0 Å². The highest BCUT2D eigenvalue weighted by atomic mass is 32.2. The third kappa shape index (κ3) is 0.918.